The van der Waals surface area contributed by atoms with Gasteiger partial charge in [-0.25, -0.2) is 4.79 Å². The van der Waals surface area contributed by atoms with Crippen molar-refractivity contribution in [3.05, 3.63) is 0 Å². The molecule has 5 N–H and O–H groups in total. The number of nitrogens with two attached hydrogens (primary N) is 1. The Bertz CT molecular complexity index is 437. The van der Waals surface area contributed by atoms with Crippen LogP contribution in [0, 0.1) is 17.8 Å². The maximum atomic E-state index is 12.3. The van der Waals surface area contributed by atoms with Crippen LogP contribution in [0.15, 0.2) is 0 Å². The van der Waals surface area contributed by atoms with Crippen molar-refractivity contribution in [3.63, 3.8) is 0 Å². The van der Waals surface area contributed by atoms with Gasteiger partial charge in [0, 0.05) is 12.5 Å². The van der Waals surface area contributed by atoms with Gasteiger partial charge in [0.1, 0.15) is 6.04 Å². The van der Waals surface area contributed by atoms with E-state index in [4.69, 9.17) is 15.9 Å². The summed E-state index contributed by atoms with van der Waals surface area (Å²) >= 11 is 0. The molecule has 0 aromatic rings. The zero-order valence-electron chi connectivity index (χ0n) is 11.8. The highest BCUT2D eigenvalue weighted by molar-refractivity contribution is 5.86. The summed E-state index contributed by atoms with van der Waals surface area (Å²) in [5, 5.41) is 20.2. The van der Waals surface area contributed by atoms with E-state index in [1.165, 1.54) is 0 Å². The Kier molecular flexibility index (Phi) is 4.82. The van der Waals surface area contributed by atoms with Gasteiger partial charge in [0.15, 0.2) is 0 Å². The quantitative estimate of drug-likeness (QED) is 0.530. The monoisotopic (exact) mass is 298 g/mol. The number of fused-ring (bicyclic) bond motifs is 2. The number of amides is 1. The van der Waals surface area contributed by atoms with Crippen LogP contribution in [0.4, 0.5) is 0 Å². The van der Waals surface area contributed by atoms with Crippen molar-refractivity contribution in [2.75, 3.05) is 0 Å². The van der Waals surface area contributed by atoms with Crippen LogP contribution in [-0.4, -0.2) is 40.1 Å². The van der Waals surface area contributed by atoms with Crippen molar-refractivity contribution in [3.8, 4) is 0 Å². The zero-order chi connectivity index (χ0) is 15.6. The molecule has 0 heterocycles. The first kappa shape index (κ1) is 15.8. The van der Waals surface area contributed by atoms with E-state index >= 15 is 0 Å². The second-order valence-electron chi connectivity index (χ2n) is 6.12. The molecule has 2 aliphatic rings. The van der Waals surface area contributed by atoms with Crippen molar-refractivity contribution in [2.24, 2.45) is 23.5 Å². The molecule has 0 radical (unpaired) electrons. The van der Waals surface area contributed by atoms with E-state index in [1.54, 1.807) is 0 Å². The first-order valence-electron chi connectivity index (χ1n) is 7.40. The summed E-state index contributed by atoms with van der Waals surface area (Å²) in [4.78, 5) is 33.9. The van der Waals surface area contributed by atoms with Crippen LogP contribution in [-0.2, 0) is 14.4 Å². The largest absolute Gasteiger partial charge is 0.481 e. The number of carboxylic acid groups (broad SMARTS) is 2. The number of nitrogens with one attached hydrogen (secondary N) is 1. The van der Waals surface area contributed by atoms with Crippen LogP contribution < -0.4 is 11.1 Å². The lowest BCUT2D eigenvalue weighted by atomic mass is 9.84. The fourth-order valence-corrected chi connectivity index (χ4v) is 3.71. The van der Waals surface area contributed by atoms with Crippen LogP contribution in [0.25, 0.3) is 0 Å². The predicted molar refractivity (Wildman–Crippen MR) is 73.3 cm³/mol. The second kappa shape index (κ2) is 6.43. The fourth-order valence-electron chi connectivity index (χ4n) is 3.71. The summed E-state index contributed by atoms with van der Waals surface area (Å²) in [6, 6.07) is -1.22. The summed E-state index contributed by atoms with van der Waals surface area (Å²) < 4.78 is 0. The third kappa shape index (κ3) is 3.53. The first-order valence-corrected chi connectivity index (χ1v) is 7.40. The highest BCUT2D eigenvalue weighted by Crippen LogP contribution is 2.47. The molecule has 2 bridgehead atoms. The minimum Gasteiger partial charge on any atom is -0.481 e. The van der Waals surface area contributed by atoms with E-state index < -0.39 is 18.0 Å². The van der Waals surface area contributed by atoms with Crippen molar-refractivity contribution in [1.29, 1.82) is 0 Å². The van der Waals surface area contributed by atoms with Crippen LogP contribution in [0.3, 0.4) is 0 Å². The number of rotatable bonds is 7. The summed E-state index contributed by atoms with van der Waals surface area (Å²) in [7, 11) is 0. The molecule has 2 fully saturated rings. The molecule has 118 valence electrons. The van der Waals surface area contributed by atoms with Gasteiger partial charge in [-0.1, -0.05) is 0 Å². The van der Waals surface area contributed by atoms with Gasteiger partial charge in [-0.3, -0.25) is 9.59 Å². The lowest BCUT2D eigenvalue weighted by molar-refractivity contribution is -0.143. The molecular weight excluding hydrogens is 276 g/mol. The van der Waals surface area contributed by atoms with Crippen LogP contribution >= 0.6 is 0 Å². The van der Waals surface area contributed by atoms with Gasteiger partial charge in [0.25, 0.3) is 0 Å². The smallest absolute Gasteiger partial charge is 0.326 e. The van der Waals surface area contributed by atoms with E-state index in [-0.39, 0.29) is 43.0 Å². The number of aliphatic carboxylic acids is 2. The Balaban J connectivity index is 1.89. The predicted octanol–water partition coefficient (Wildman–Crippen LogP) is 0.184. The molecule has 0 aromatic heterocycles. The molecule has 0 aromatic carbocycles. The molecule has 21 heavy (non-hydrogen) atoms. The van der Waals surface area contributed by atoms with Gasteiger partial charge < -0.3 is 21.3 Å². The number of hydrogen-bond donors (Lipinski definition) is 4. The maximum Gasteiger partial charge on any atom is 0.326 e. The van der Waals surface area contributed by atoms with Crippen molar-refractivity contribution >= 4 is 17.8 Å². The topological polar surface area (TPSA) is 130 Å². The highest BCUT2D eigenvalue weighted by Gasteiger charge is 2.49. The molecule has 5 atom stereocenters. The zero-order valence-corrected chi connectivity index (χ0v) is 11.8. The van der Waals surface area contributed by atoms with E-state index in [9.17, 15) is 14.4 Å². The molecular formula is C14H22N2O5. The second-order valence-corrected chi connectivity index (χ2v) is 6.12. The molecule has 1 amide bonds. The average Bonchev–Trinajstić information content (AvgIpc) is 2.97. The van der Waals surface area contributed by atoms with Gasteiger partial charge in [0.2, 0.25) is 5.91 Å². The number of hydrogen-bond acceptors (Lipinski definition) is 4. The summed E-state index contributed by atoms with van der Waals surface area (Å²) in [5.74, 6) is -2.06. The lowest BCUT2D eigenvalue weighted by Crippen LogP contribution is -2.50. The highest BCUT2D eigenvalue weighted by atomic mass is 16.4. The Morgan fingerprint density at radius 2 is 1.86 bits per heavy atom. The summed E-state index contributed by atoms with van der Waals surface area (Å²) in [6.07, 6.45) is 3.21. The number of carboxylic acids is 2. The maximum absolute atomic E-state index is 12.3. The molecule has 0 saturated heterocycles. The van der Waals surface area contributed by atoms with E-state index in [0.717, 1.165) is 19.3 Å². The van der Waals surface area contributed by atoms with Gasteiger partial charge in [-0.2, -0.15) is 0 Å². The fraction of sp³-hybridized carbons (Fsp3) is 0.786. The van der Waals surface area contributed by atoms with Crippen LogP contribution in [0.2, 0.25) is 0 Å². The molecule has 0 aliphatic heterocycles. The normalized spacial score (nSPS) is 31.9. The van der Waals surface area contributed by atoms with Crippen molar-refractivity contribution < 1.29 is 24.6 Å². The van der Waals surface area contributed by atoms with Crippen LogP contribution in [0.5, 0.6) is 0 Å². The standard InChI is InChI=1S/C14H22N2O5/c15-12-8-5-4-7(6-8)11(12)13(19)16-9(14(20)21)2-1-3-10(17)18/h7-9,11-12H,1-6,15H2,(H,16,19)(H,17,18)(H,20,21)/t7?,8?,9-,11?,12?/m1/s1. The average molecular weight is 298 g/mol. The number of carbonyl (C=O) groups excluding carboxylic acids is 1. The molecule has 7 nitrogen and oxygen atoms in total. The summed E-state index contributed by atoms with van der Waals surface area (Å²) in [6.45, 7) is 0. The Hall–Kier alpha value is -1.63. The van der Waals surface area contributed by atoms with E-state index in [0.29, 0.717) is 5.92 Å². The third-order valence-corrected chi connectivity index (χ3v) is 4.78. The van der Waals surface area contributed by atoms with E-state index in [1.807, 2.05) is 0 Å². The Morgan fingerprint density at radius 3 is 2.38 bits per heavy atom. The third-order valence-electron chi connectivity index (χ3n) is 4.78. The minimum atomic E-state index is -1.13. The SMILES string of the molecule is NC1C2CCC(C2)C1C(=O)N[C@H](CCCC(=O)O)C(=O)O. The number of carbonyl (C=O) groups is 3. The molecule has 2 rings (SSSR count). The molecule has 7 heteroatoms. The molecule has 2 aliphatic carbocycles. The lowest BCUT2D eigenvalue weighted by Gasteiger charge is -2.28. The van der Waals surface area contributed by atoms with Crippen molar-refractivity contribution in [2.45, 2.75) is 50.6 Å². The Morgan fingerprint density at radius 1 is 1.19 bits per heavy atom. The molecule has 4 unspecified atom stereocenters. The van der Waals surface area contributed by atoms with Gasteiger partial charge in [0.05, 0.1) is 5.92 Å². The van der Waals surface area contributed by atoms with Crippen molar-refractivity contribution in [1.82, 2.24) is 5.32 Å². The molecule has 0 spiro atoms. The minimum absolute atomic E-state index is 0.104. The van der Waals surface area contributed by atoms with Crippen LogP contribution in [0.1, 0.15) is 38.5 Å². The van der Waals surface area contributed by atoms with Gasteiger partial charge >= 0.3 is 11.9 Å². The Labute approximate surface area is 122 Å². The first-order chi connectivity index (χ1) is 9.90. The summed E-state index contributed by atoms with van der Waals surface area (Å²) in [5.41, 5.74) is 6.07. The van der Waals surface area contributed by atoms with Gasteiger partial charge in [-0.15, -0.1) is 0 Å². The molecule has 2 saturated carbocycles. The van der Waals surface area contributed by atoms with E-state index in [2.05, 4.69) is 5.32 Å². The van der Waals surface area contributed by atoms with Gasteiger partial charge in [-0.05, 0) is 43.9 Å².